The van der Waals surface area contributed by atoms with Gasteiger partial charge in [0.2, 0.25) is 0 Å². The van der Waals surface area contributed by atoms with Crippen LogP contribution in [0.4, 0.5) is 5.82 Å². The lowest BCUT2D eigenvalue weighted by atomic mass is 10.1. The molecule has 2 rings (SSSR count). The highest BCUT2D eigenvalue weighted by Crippen LogP contribution is 2.23. The second-order valence-electron chi connectivity index (χ2n) is 3.96. The molecule has 0 aliphatic rings. The van der Waals surface area contributed by atoms with Crippen molar-refractivity contribution in [3.8, 4) is 11.4 Å². The molecule has 4 nitrogen and oxygen atoms in total. The Labute approximate surface area is 115 Å². The van der Waals surface area contributed by atoms with Gasteiger partial charge in [0.05, 0.1) is 0 Å². The Bertz CT molecular complexity index is 569. The van der Waals surface area contributed by atoms with E-state index in [1.165, 1.54) is 0 Å². The molecule has 0 aliphatic carbocycles. The summed E-state index contributed by atoms with van der Waals surface area (Å²) in [6.45, 7) is 4.11. The van der Waals surface area contributed by atoms with Crippen molar-refractivity contribution in [2.75, 3.05) is 12.4 Å². The minimum absolute atomic E-state index is 0.697. The summed E-state index contributed by atoms with van der Waals surface area (Å²) in [7, 11) is 1.88. The summed E-state index contributed by atoms with van der Waals surface area (Å²) in [5.41, 5.74) is 3.07. The summed E-state index contributed by atoms with van der Waals surface area (Å²) in [6, 6.07) is 1.97. The SMILES string of the molecule is CCc1c(C)nc(-c2cncc(Br)c2)nc1NC. The number of aromatic nitrogens is 3. The molecule has 94 valence electrons. The van der Waals surface area contributed by atoms with Crippen LogP contribution in [0, 0.1) is 6.92 Å². The first-order valence-corrected chi connectivity index (χ1v) is 6.61. The molecule has 0 bridgehead atoms. The van der Waals surface area contributed by atoms with Crippen molar-refractivity contribution in [2.45, 2.75) is 20.3 Å². The summed E-state index contributed by atoms with van der Waals surface area (Å²) in [5.74, 6) is 1.59. The number of nitrogens with zero attached hydrogens (tertiary/aromatic N) is 3. The van der Waals surface area contributed by atoms with Crippen LogP contribution in [-0.2, 0) is 6.42 Å². The molecule has 0 saturated heterocycles. The van der Waals surface area contributed by atoms with Gasteiger partial charge in [0, 0.05) is 40.7 Å². The standard InChI is InChI=1S/C13H15BrN4/c1-4-11-8(2)17-12(18-13(11)15-3)9-5-10(14)7-16-6-9/h5-7H,4H2,1-3H3,(H,15,17,18). The molecule has 0 atom stereocenters. The number of hydrogen-bond donors (Lipinski definition) is 1. The van der Waals surface area contributed by atoms with Crippen LogP contribution in [0.25, 0.3) is 11.4 Å². The van der Waals surface area contributed by atoms with Gasteiger partial charge in [-0.15, -0.1) is 0 Å². The van der Waals surface area contributed by atoms with Gasteiger partial charge >= 0.3 is 0 Å². The van der Waals surface area contributed by atoms with Gasteiger partial charge < -0.3 is 5.32 Å². The largest absolute Gasteiger partial charge is 0.373 e. The average Bonchev–Trinajstić information content (AvgIpc) is 2.37. The van der Waals surface area contributed by atoms with E-state index < -0.39 is 0 Å². The smallest absolute Gasteiger partial charge is 0.163 e. The molecule has 0 spiro atoms. The normalized spacial score (nSPS) is 10.4. The van der Waals surface area contributed by atoms with E-state index in [4.69, 9.17) is 0 Å². The zero-order valence-electron chi connectivity index (χ0n) is 10.7. The predicted octanol–water partition coefficient (Wildman–Crippen LogP) is 3.21. The second-order valence-corrected chi connectivity index (χ2v) is 4.87. The Balaban J connectivity index is 2.56. The summed E-state index contributed by atoms with van der Waals surface area (Å²) in [5, 5.41) is 3.13. The monoisotopic (exact) mass is 306 g/mol. The average molecular weight is 307 g/mol. The van der Waals surface area contributed by atoms with Gasteiger partial charge in [0.15, 0.2) is 5.82 Å². The first-order chi connectivity index (χ1) is 8.65. The number of rotatable bonds is 3. The lowest BCUT2D eigenvalue weighted by Crippen LogP contribution is -2.05. The Morgan fingerprint density at radius 3 is 2.67 bits per heavy atom. The van der Waals surface area contributed by atoms with Crippen LogP contribution in [-0.4, -0.2) is 22.0 Å². The lowest BCUT2D eigenvalue weighted by Gasteiger charge is -2.11. The lowest BCUT2D eigenvalue weighted by molar-refractivity contribution is 1.00. The molecule has 0 aliphatic heterocycles. The molecule has 0 unspecified atom stereocenters. The topological polar surface area (TPSA) is 50.7 Å². The van der Waals surface area contributed by atoms with Gasteiger partial charge in [-0.25, -0.2) is 9.97 Å². The maximum atomic E-state index is 4.55. The van der Waals surface area contributed by atoms with Crippen LogP contribution in [0.5, 0.6) is 0 Å². The fourth-order valence-corrected chi connectivity index (χ4v) is 2.25. The van der Waals surface area contributed by atoms with E-state index >= 15 is 0 Å². The van der Waals surface area contributed by atoms with Crippen molar-refractivity contribution in [1.29, 1.82) is 0 Å². The van der Waals surface area contributed by atoms with Crippen molar-refractivity contribution in [3.63, 3.8) is 0 Å². The summed E-state index contributed by atoms with van der Waals surface area (Å²) in [6.07, 6.45) is 4.43. The number of hydrogen-bond acceptors (Lipinski definition) is 4. The van der Waals surface area contributed by atoms with E-state index in [0.717, 1.165) is 33.5 Å². The van der Waals surface area contributed by atoms with Crippen LogP contribution in [0.15, 0.2) is 22.9 Å². The Kier molecular flexibility index (Phi) is 3.91. The van der Waals surface area contributed by atoms with E-state index in [1.807, 2.05) is 20.0 Å². The van der Waals surface area contributed by atoms with Crippen molar-refractivity contribution < 1.29 is 0 Å². The molecule has 0 amide bonds. The van der Waals surface area contributed by atoms with Crippen molar-refractivity contribution in [2.24, 2.45) is 0 Å². The fourth-order valence-electron chi connectivity index (χ4n) is 1.89. The van der Waals surface area contributed by atoms with Crippen molar-refractivity contribution >= 4 is 21.7 Å². The van der Waals surface area contributed by atoms with E-state index in [2.05, 4.69) is 43.1 Å². The number of pyridine rings is 1. The molecule has 0 saturated carbocycles. The minimum Gasteiger partial charge on any atom is -0.373 e. The third-order valence-electron chi connectivity index (χ3n) is 2.77. The summed E-state index contributed by atoms with van der Waals surface area (Å²) in [4.78, 5) is 13.2. The first-order valence-electron chi connectivity index (χ1n) is 5.82. The highest BCUT2D eigenvalue weighted by molar-refractivity contribution is 9.10. The maximum absolute atomic E-state index is 4.55. The Morgan fingerprint density at radius 1 is 1.28 bits per heavy atom. The van der Waals surface area contributed by atoms with Crippen LogP contribution in [0.1, 0.15) is 18.2 Å². The molecular weight excluding hydrogens is 292 g/mol. The second kappa shape index (κ2) is 5.44. The zero-order chi connectivity index (χ0) is 13.1. The molecule has 1 N–H and O–H groups in total. The van der Waals surface area contributed by atoms with Gasteiger partial charge in [-0.1, -0.05) is 6.92 Å². The molecule has 0 fully saturated rings. The third-order valence-corrected chi connectivity index (χ3v) is 3.20. The number of halogens is 1. The quantitative estimate of drug-likeness (QED) is 0.946. The van der Waals surface area contributed by atoms with E-state index in [9.17, 15) is 0 Å². The first kappa shape index (κ1) is 13.0. The van der Waals surface area contributed by atoms with E-state index in [1.54, 1.807) is 12.4 Å². The van der Waals surface area contributed by atoms with Crippen LogP contribution in [0.2, 0.25) is 0 Å². The molecule has 2 heterocycles. The van der Waals surface area contributed by atoms with Crippen molar-refractivity contribution in [3.05, 3.63) is 34.2 Å². The molecule has 0 radical (unpaired) electrons. The van der Waals surface area contributed by atoms with Crippen LogP contribution >= 0.6 is 15.9 Å². The minimum atomic E-state index is 0.697. The van der Waals surface area contributed by atoms with E-state index in [-0.39, 0.29) is 0 Å². The Morgan fingerprint density at radius 2 is 2.06 bits per heavy atom. The number of nitrogens with one attached hydrogen (secondary N) is 1. The highest BCUT2D eigenvalue weighted by atomic mass is 79.9. The number of anilines is 1. The molecule has 5 heteroatoms. The number of aryl methyl sites for hydroxylation is 1. The summed E-state index contributed by atoms with van der Waals surface area (Å²) >= 11 is 3.41. The third kappa shape index (κ3) is 2.51. The highest BCUT2D eigenvalue weighted by Gasteiger charge is 2.10. The van der Waals surface area contributed by atoms with Gasteiger partial charge in [-0.3, -0.25) is 4.98 Å². The molecule has 0 aromatic carbocycles. The maximum Gasteiger partial charge on any atom is 0.163 e. The van der Waals surface area contributed by atoms with Gasteiger partial charge in [0.25, 0.3) is 0 Å². The van der Waals surface area contributed by atoms with Gasteiger partial charge in [-0.2, -0.15) is 0 Å². The molecular formula is C13H15BrN4. The van der Waals surface area contributed by atoms with Gasteiger partial charge in [0.1, 0.15) is 5.82 Å². The van der Waals surface area contributed by atoms with Gasteiger partial charge in [-0.05, 0) is 35.3 Å². The Hall–Kier alpha value is -1.49. The predicted molar refractivity (Wildman–Crippen MR) is 76.6 cm³/mol. The van der Waals surface area contributed by atoms with Crippen LogP contribution < -0.4 is 5.32 Å². The summed E-state index contributed by atoms with van der Waals surface area (Å²) < 4.78 is 0.923. The molecule has 2 aromatic heterocycles. The zero-order valence-corrected chi connectivity index (χ0v) is 12.2. The fraction of sp³-hybridized carbons (Fsp3) is 0.308. The van der Waals surface area contributed by atoms with Crippen LogP contribution in [0.3, 0.4) is 0 Å². The van der Waals surface area contributed by atoms with E-state index in [0.29, 0.717) is 5.82 Å². The molecule has 2 aromatic rings. The molecule has 18 heavy (non-hydrogen) atoms. The van der Waals surface area contributed by atoms with Crippen molar-refractivity contribution in [1.82, 2.24) is 15.0 Å².